The second-order valence-corrected chi connectivity index (χ2v) is 3.69. The van der Waals surface area contributed by atoms with Crippen LogP contribution in [0.25, 0.3) is 11.4 Å². The number of hydrogen-bond donors (Lipinski definition) is 2. The van der Waals surface area contributed by atoms with Crippen LogP contribution in [-0.4, -0.2) is 36.2 Å². The van der Waals surface area contributed by atoms with E-state index in [9.17, 15) is 4.79 Å². The van der Waals surface area contributed by atoms with Gasteiger partial charge in [0.2, 0.25) is 12.2 Å². The van der Waals surface area contributed by atoms with E-state index in [4.69, 9.17) is 0 Å². The molecule has 0 unspecified atom stereocenters. The van der Waals surface area contributed by atoms with Gasteiger partial charge >= 0.3 is 0 Å². The average molecular weight is 246 g/mol. The van der Waals surface area contributed by atoms with Gasteiger partial charge in [-0.15, -0.1) is 0 Å². The fourth-order valence-corrected chi connectivity index (χ4v) is 1.47. The molecule has 1 aromatic carbocycles. The highest BCUT2D eigenvalue weighted by atomic mass is 16.5. The van der Waals surface area contributed by atoms with Crippen molar-refractivity contribution in [1.82, 2.24) is 20.8 Å². The fourth-order valence-electron chi connectivity index (χ4n) is 1.47. The van der Waals surface area contributed by atoms with Crippen molar-refractivity contribution in [3.63, 3.8) is 0 Å². The van der Waals surface area contributed by atoms with Crippen molar-refractivity contribution in [2.75, 3.05) is 20.1 Å². The molecule has 2 aromatic rings. The minimum atomic E-state index is -0.0927. The molecular weight excluding hydrogens is 232 g/mol. The molecule has 2 rings (SSSR count). The van der Waals surface area contributed by atoms with E-state index in [2.05, 4.69) is 25.3 Å². The molecule has 18 heavy (non-hydrogen) atoms. The molecule has 0 bridgehead atoms. The summed E-state index contributed by atoms with van der Waals surface area (Å²) in [4.78, 5) is 15.7. The van der Waals surface area contributed by atoms with Gasteiger partial charge in [0.25, 0.3) is 5.91 Å². The summed E-state index contributed by atoms with van der Waals surface area (Å²) < 4.78 is 4.66. The maximum absolute atomic E-state index is 11.7. The number of nitrogens with zero attached hydrogens (tertiary/aromatic N) is 2. The van der Waals surface area contributed by atoms with Crippen molar-refractivity contribution in [1.29, 1.82) is 0 Å². The van der Waals surface area contributed by atoms with Crippen LogP contribution in [0.1, 0.15) is 10.4 Å². The summed E-state index contributed by atoms with van der Waals surface area (Å²) in [6, 6.07) is 7.05. The quantitative estimate of drug-likeness (QED) is 0.758. The van der Waals surface area contributed by atoms with Crippen LogP contribution in [0.5, 0.6) is 0 Å². The molecule has 1 aromatic heterocycles. The van der Waals surface area contributed by atoms with Gasteiger partial charge in [-0.05, 0) is 19.2 Å². The predicted molar refractivity (Wildman–Crippen MR) is 66.0 cm³/mol. The van der Waals surface area contributed by atoms with Crippen molar-refractivity contribution in [3.05, 3.63) is 36.2 Å². The highest BCUT2D eigenvalue weighted by Gasteiger charge is 2.06. The zero-order chi connectivity index (χ0) is 12.8. The van der Waals surface area contributed by atoms with Crippen molar-refractivity contribution in [2.24, 2.45) is 0 Å². The molecule has 0 saturated carbocycles. The van der Waals surface area contributed by atoms with Gasteiger partial charge in [-0.2, -0.15) is 4.98 Å². The van der Waals surface area contributed by atoms with Crippen LogP contribution in [0.15, 0.2) is 35.2 Å². The van der Waals surface area contributed by atoms with Gasteiger partial charge in [0.05, 0.1) is 0 Å². The number of amides is 1. The normalized spacial score (nSPS) is 10.3. The number of aromatic nitrogens is 2. The van der Waals surface area contributed by atoms with Crippen LogP contribution in [-0.2, 0) is 0 Å². The van der Waals surface area contributed by atoms with Gasteiger partial charge in [0.1, 0.15) is 0 Å². The lowest BCUT2D eigenvalue weighted by atomic mass is 10.1. The highest BCUT2D eigenvalue weighted by molar-refractivity contribution is 5.94. The maximum Gasteiger partial charge on any atom is 0.251 e. The third kappa shape index (κ3) is 2.92. The molecular formula is C12H14N4O2. The SMILES string of the molecule is CNCCNC(=O)c1ccc(-c2ncon2)cc1. The van der Waals surface area contributed by atoms with Gasteiger partial charge < -0.3 is 15.2 Å². The Morgan fingerprint density at radius 2 is 2.06 bits per heavy atom. The molecule has 0 radical (unpaired) electrons. The van der Waals surface area contributed by atoms with Crippen molar-refractivity contribution in [3.8, 4) is 11.4 Å². The van der Waals surface area contributed by atoms with Gasteiger partial charge in [-0.25, -0.2) is 0 Å². The van der Waals surface area contributed by atoms with Gasteiger partial charge in [-0.3, -0.25) is 4.79 Å². The van der Waals surface area contributed by atoms with Gasteiger partial charge in [0, 0.05) is 24.2 Å². The van der Waals surface area contributed by atoms with Crippen molar-refractivity contribution in [2.45, 2.75) is 0 Å². The lowest BCUT2D eigenvalue weighted by Crippen LogP contribution is -2.30. The first-order chi connectivity index (χ1) is 8.81. The first-order valence-corrected chi connectivity index (χ1v) is 5.61. The number of hydrogen-bond acceptors (Lipinski definition) is 5. The van der Waals surface area contributed by atoms with Crippen LogP contribution >= 0.6 is 0 Å². The number of nitrogens with one attached hydrogen (secondary N) is 2. The van der Waals surface area contributed by atoms with Crippen LogP contribution < -0.4 is 10.6 Å². The first kappa shape index (κ1) is 12.3. The Bertz CT molecular complexity index is 493. The van der Waals surface area contributed by atoms with E-state index in [0.717, 1.165) is 12.1 Å². The van der Waals surface area contributed by atoms with Gasteiger partial charge in [-0.1, -0.05) is 17.3 Å². The third-order valence-corrected chi connectivity index (χ3v) is 2.43. The molecule has 0 aliphatic heterocycles. The molecule has 0 aliphatic rings. The summed E-state index contributed by atoms with van der Waals surface area (Å²) in [6.07, 6.45) is 1.27. The van der Waals surface area contributed by atoms with Crippen molar-refractivity contribution < 1.29 is 9.32 Å². The summed E-state index contributed by atoms with van der Waals surface area (Å²) >= 11 is 0. The van der Waals surface area contributed by atoms with E-state index in [-0.39, 0.29) is 5.91 Å². The maximum atomic E-state index is 11.7. The molecule has 6 nitrogen and oxygen atoms in total. The largest absolute Gasteiger partial charge is 0.351 e. The highest BCUT2D eigenvalue weighted by Crippen LogP contribution is 2.14. The summed E-state index contributed by atoms with van der Waals surface area (Å²) in [5, 5.41) is 9.49. The zero-order valence-corrected chi connectivity index (χ0v) is 10.0. The first-order valence-electron chi connectivity index (χ1n) is 5.61. The lowest BCUT2D eigenvalue weighted by molar-refractivity contribution is 0.0954. The van der Waals surface area contributed by atoms with E-state index in [1.807, 2.05) is 7.05 Å². The molecule has 2 N–H and O–H groups in total. The van der Waals surface area contributed by atoms with Crippen LogP contribution in [0.4, 0.5) is 0 Å². The Morgan fingerprint density at radius 1 is 1.28 bits per heavy atom. The Morgan fingerprint density at radius 3 is 2.67 bits per heavy atom. The van der Waals surface area contributed by atoms with Crippen LogP contribution in [0, 0.1) is 0 Å². The van der Waals surface area contributed by atoms with E-state index in [1.165, 1.54) is 6.39 Å². The number of carbonyl (C=O) groups excluding carboxylic acids is 1. The standard InChI is InChI=1S/C12H14N4O2/c1-13-6-7-14-12(17)10-4-2-9(3-5-10)11-15-8-18-16-11/h2-5,8,13H,6-7H2,1H3,(H,14,17). The summed E-state index contributed by atoms with van der Waals surface area (Å²) in [5.41, 5.74) is 1.42. The minimum Gasteiger partial charge on any atom is -0.351 e. The molecule has 0 atom stereocenters. The zero-order valence-electron chi connectivity index (χ0n) is 10.0. The fraction of sp³-hybridized carbons (Fsp3) is 0.250. The predicted octanol–water partition coefficient (Wildman–Crippen LogP) is 0.686. The smallest absolute Gasteiger partial charge is 0.251 e. The molecule has 0 spiro atoms. The molecule has 6 heteroatoms. The monoisotopic (exact) mass is 246 g/mol. The minimum absolute atomic E-state index is 0.0927. The molecule has 0 aliphatic carbocycles. The number of likely N-dealkylation sites (N-methyl/N-ethyl adjacent to an activating group) is 1. The molecule has 0 fully saturated rings. The summed E-state index contributed by atoms with van der Waals surface area (Å²) in [6.45, 7) is 1.34. The van der Waals surface area contributed by atoms with Crippen LogP contribution in [0.3, 0.4) is 0 Å². The number of rotatable bonds is 5. The second-order valence-electron chi connectivity index (χ2n) is 3.69. The Balaban J connectivity index is 2.01. The average Bonchev–Trinajstić information content (AvgIpc) is 2.93. The molecule has 0 saturated heterocycles. The van der Waals surface area contributed by atoms with E-state index >= 15 is 0 Å². The summed E-state index contributed by atoms with van der Waals surface area (Å²) in [7, 11) is 1.84. The van der Waals surface area contributed by atoms with Crippen molar-refractivity contribution >= 4 is 5.91 Å². The third-order valence-electron chi connectivity index (χ3n) is 2.43. The van der Waals surface area contributed by atoms with Crippen LogP contribution in [0.2, 0.25) is 0 Å². The Kier molecular flexibility index (Phi) is 4.03. The van der Waals surface area contributed by atoms with E-state index < -0.39 is 0 Å². The summed E-state index contributed by atoms with van der Waals surface area (Å²) in [5.74, 6) is 0.419. The molecule has 1 amide bonds. The molecule has 94 valence electrons. The molecule has 1 heterocycles. The second kappa shape index (κ2) is 5.92. The topological polar surface area (TPSA) is 80.0 Å². The van der Waals surface area contributed by atoms with Gasteiger partial charge in [0.15, 0.2) is 0 Å². The Hall–Kier alpha value is -2.21. The van der Waals surface area contributed by atoms with E-state index in [1.54, 1.807) is 24.3 Å². The number of benzene rings is 1. The Labute approximate surface area is 104 Å². The van der Waals surface area contributed by atoms with E-state index in [0.29, 0.717) is 17.9 Å². The lowest BCUT2D eigenvalue weighted by Gasteiger charge is -2.04. The number of carbonyl (C=O) groups is 1.